The Bertz CT molecular complexity index is 1850. The third-order valence-corrected chi connectivity index (χ3v) is 7.04. The number of fused-ring (bicyclic) bond motifs is 1. The smallest absolute Gasteiger partial charge is 0.405 e. The molecule has 0 aliphatic carbocycles. The number of benzene rings is 2. The Morgan fingerprint density at radius 3 is 2.40 bits per heavy atom. The van der Waals surface area contributed by atoms with Crippen LogP contribution in [0.1, 0.15) is 5.56 Å². The second-order valence-electron chi connectivity index (χ2n) is 9.10. The number of aromatic nitrogens is 6. The number of anilines is 2. The van der Waals surface area contributed by atoms with Crippen LogP contribution in [0.4, 0.5) is 33.7 Å². The standard InChI is InChI=1S/C26H21F5N8O3S/c1-43(40,41)21-10-16(4-9-20(21)42-24(27)28)18-7-8-19-22(36-18)23(34-12-26(29,30)31)38-25(37-19)33-11-15-2-5-17(6-3-15)39-14-32-13-35-39/h2-10,13-14,24H,11-12H2,1H3,(H2,33,34,37,38). The van der Waals surface area contributed by atoms with Crippen molar-refractivity contribution in [1.82, 2.24) is 29.7 Å². The van der Waals surface area contributed by atoms with E-state index < -0.39 is 39.8 Å². The van der Waals surface area contributed by atoms with E-state index in [2.05, 4.69) is 40.4 Å². The first-order valence-corrected chi connectivity index (χ1v) is 14.2. The van der Waals surface area contributed by atoms with Gasteiger partial charge in [-0.25, -0.2) is 28.1 Å². The molecule has 5 rings (SSSR count). The lowest BCUT2D eigenvalue weighted by Crippen LogP contribution is -2.22. The van der Waals surface area contributed by atoms with Crippen LogP contribution >= 0.6 is 0 Å². The molecule has 0 aliphatic heterocycles. The van der Waals surface area contributed by atoms with Crippen LogP contribution in [0.3, 0.4) is 0 Å². The van der Waals surface area contributed by atoms with E-state index >= 15 is 0 Å². The Balaban J connectivity index is 1.47. The summed E-state index contributed by atoms with van der Waals surface area (Å²) in [6.45, 7) is -4.42. The van der Waals surface area contributed by atoms with Gasteiger partial charge >= 0.3 is 12.8 Å². The van der Waals surface area contributed by atoms with Crippen molar-refractivity contribution in [2.24, 2.45) is 0 Å². The molecule has 2 N–H and O–H groups in total. The van der Waals surface area contributed by atoms with Crippen LogP contribution in [0.2, 0.25) is 0 Å². The Labute approximate surface area is 240 Å². The first-order chi connectivity index (χ1) is 20.4. The zero-order valence-electron chi connectivity index (χ0n) is 22.0. The van der Waals surface area contributed by atoms with Crippen molar-refractivity contribution in [2.75, 3.05) is 23.4 Å². The number of alkyl halides is 5. The molecule has 2 aromatic carbocycles. The molecule has 0 radical (unpaired) electrons. The van der Waals surface area contributed by atoms with Gasteiger partial charge in [0.2, 0.25) is 5.95 Å². The fourth-order valence-corrected chi connectivity index (χ4v) is 4.82. The number of pyridine rings is 1. The predicted octanol–water partition coefficient (Wildman–Crippen LogP) is 4.86. The lowest BCUT2D eigenvalue weighted by Gasteiger charge is -2.14. The summed E-state index contributed by atoms with van der Waals surface area (Å²) in [6, 6.07) is 13.7. The maximum Gasteiger partial charge on any atom is 0.405 e. The van der Waals surface area contributed by atoms with Gasteiger partial charge in [0, 0.05) is 18.4 Å². The van der Waals surface area contributed by atoms with E-state index in [0.29, 0.717) is 0 Å². The molecule has 0 atom stereocenters. The SMILES string of the molecule is CS(=O)(=O)c1cc(-c2ccc3nc(NCc4ccc(-n5cncn5)cc4)nc(NCC(F)(F)F)c3n2)ccc1OC(F)F. The maximum absolute atomic E-state index is 13.1. The number of halogens is 5. The number of hydrogen-bond donors (Lipinski definition) is 2. The second kappa shape index (κ2) is 11.7. The summed E-state index contributed by atoms with van der Waals surface area (Å²) in [7, 11) is -4.00. The maximum atomic E-state index is 13.1. The molecule has 3 aromatic heterocycles. The van der Waals surface area contributed by atoms with Gasteiger partial charge in [-0.05, 0) is 48.0 Å². The van der Waals surface area contributed by atoms with Crippen molar-refractivity contribution >= 4 is 32.6 Å². The molecular weight excluding hydrogens is 599 g/mol. The van der Waals surface area contributed by atoms with E-state index in [9.17, 15) is 30.4 Å². The summed E-state index contributed by atoms with van der Waals surface area (Å²) in [5.74, 6) is -0.754. The number of hydrogen-bond acceptors (Lipinski definition) is 10. The molecule has 0 saturated heterocycles. The van der Waals surface area contributed by atoms with Crippen LogP contribution in [0.15, 0.2) is 72.1 Å². The number of nitrogens with one attached hydrogen (secondary N) is 2. The molecule has 0 unspecified atom stereocenters. The number of sulfone groups is 1. The monoisotopic (exact) mass is 620 g/mol. The van der Waals surface area contributed by atoms with E-state index in [0.717, 1.165) is 29.6 Å². The Morgan fingerprint density at radius 2 is 1.74 bits per heavy atom. The summed E-state index contributed by atoms with van der Waals surface area (Å²) in [4.78, 5) is 16.3. The van der Waals surface area contributed by atoms with Crippen molar-refractivity contribution < 1.29 is 35.1 Å². The Hall–Kier alpha value is -4.93. The van der Waals surface area contributed by atoms with Gasteiger partial charge in [-0.15, -0.1) is 0 Å². The largest absolute Gasteiger partial charge is 0.433 e. The van der Waals surface area contributed by atoms with E-state index in [-0.39, 0.29) is 40.6 Å². The van der Waals surface area contributed by atoms with E-state index in [1.54, 1.807) is 11.0 Å². The molecule has 0 aliphatic rings. The average molecular weight is 621 g/mol. The summed E-state index contributed by atoms with van der Waals surface area (Å²) in [5.41, 5.74) is 2.08. The van der Waals surface area contributed by atoms with Gasteiger partial charge in [-0.2, -0.15) is 32.0 Å². The van der Waals surface area contributed by atoms with Crippen molar-refractivity contribution in [3.05, 3.63) is 72.8 Å². The van der Waals surface area contributed by atoms with Crippen molar-refractivity contribution in [1.29, 1.82) is 0 Å². The van der Waals surface area contributed by atoms with Crippen molar-refractivity contribution in [2.45, 2.75) is 24.2 Å². The molecule has 0 bridgehead atoms. The second-order valence-corrected chi connectivity index (χ2v) is 11.1. The Kier molecular flexibility index (Phi) is 8.08. The molecule has 43 heavy (non-hydrogen) atoms. The zero-order chi connectivity index (χ0) is 30.8. The first-order valence-electron chi connectivity index (χ1n) is 12.3. The fourth-order valence-electron chi connectivity index (χ4n) is 4.00. The third-order valence-electron chi connectivity index (χ3n) is 5.92. The summed E-state index contributed by atoms with van der Waals surface area (Å²) in [6.07, 6.45) is -0.792. The molecule has 0 spiro atoms. The van der Waals surface area contributed by atoms with E-state index in [4.69, 9.17) is 0 Å². The first kappa shape index (κ1) is 29.6. The zero-order valence-corrected chi connectivity index (χ0v) is 22.9. The normalized spacial score (nSPS) is 12.1. The molecule has 0 fully saturated rings. The molecule has 5 aromatic rings. The van der Waals surface area contributed by atoms with Crippen LogP contribution in [0.5, 0.6) is 5.75 Å². The van der Waals surface area contributed by atoms with Gasteiger partial charge in [0.15, 0.2) is 15.7 Å². The van der Waals surface area contributed by atoms with E-state index in [1.165, 1.54) is 24.5 Å². The lowest BCUT2D eigenvalue weighted by molar-refractivity contribution is -0.115. The lowest BCUT2D eigenvalue weighted by atomic mass is 10.1. The molecule has 3 heterocycles. The minimum Gasteiger partial charge on any atom is -0.433 e. The van der Waals surface area contributed by atoms with Gasteiger partial charge in [0.25, 0.3) is 0 Å². The van der Waals surface area contributed by atoms with Crippen LogP contribution < -0.4 is 15.4 Å². The minimum absolute atomic E-state index is 0.0277. The molecular formula is C26H21F5N8O3S. The fraction of sp³-hybridized carbons (Fsp3) is 0.192. The van der Waals surface area contributed by atoms with Crippen molar-refractivity contribution in [3.8, 4) is 22.7 Å². The Morgan fingerprint density at radius 1 is 0.977 bits per heavy atom. The average Bonchev–Trinajstić information content (AvgIpc) is 3.49. The van der Waals surface area contributed by atoms with Crippen LogP contribution in [-0.2, 0) is 16.4 Å². The molecule has 11 nitrogen and oxygen atoms in total. The summed E-state index contributed by atoms with van der Waals surface area (Å²) < 4.78 is 95.3. The van der Waals surface area contributed by atoms with Crippen LogP contribution in [0, 0.1) is 0 Å². The van der Waals surface area contributed by atoms with Crippen LogP contribution in [-0.4, -0.2) is 63.7 Å². The van der Waals surface area contributed by atoms with Gasteiger partial charge in [-0.3, -0.25) is 0 Å². The predicted molar refractivity (Wildman–Crippen MR) is 146 cm³/mol. The van der Waals surface area contributed by atoms with Gasteiger partial charge < -0.3 is 15.4 Å². The highest BCUT2D eigenvalue weighted by Gasteiger charge is 2.28. The van der Waals surface area contributed by atoms with Gasteiger partial charge in [0.05, 0.1) is 16.9 Å². The van der Waals surface area contributed by atoms with Gasteiger partial charge in [0.1, 0.15) is 35.4 Å². The summed E-state index contributed by atoms with van der Waals surface area (Å²) >= 11 is 0. The summed E-state index contributed by atoms with van der Waals surface area (Å²) in [5, 5.41) is 9.28. The molecule has 17 heteroatoms. The highest BCUT2D eigenvalue weighted by atomic mass is 32.2. The molecule has 0 amide bonds. The highest BCUT2D eigenvalue weighted by molar-refractivity contribution is 7.90. The van der Waals surface area contributed by atoms with Gasteiger partial charge in [-0.1, -0.05) is 12.1 Å². The number of rotatable bonds is 10. The molecule has 224 valence electrons. The number of nitrogens with zero attached hydrogens (tertiary/aromatic N) is 6. The van der Waals surface area contributed by atoms with E-state index in [1.807, 2.05) is 24.3 Å². The third kappa shape index (κ3) is 7.29. The minimum atomic E-state index is -4.57. The molecule has 0 saturated carbocycles. The number of ether oxygens (including phenoxy) is 1. The highest BCUT2D eigenvalue weighted by Crippen LogP contribution is 2.32. The topological polar surface area (TPSA) is 137 Å². The quantitative estimate of drug-likeness (QED) is 0.208. The van der Waals surface area contributed by atoms with Crippen LogP contribution in [0.25, 0.3) is 28.0 Å². The van der Waals surface area contributed by atoms with Crippen molar-refractivity contribution in [3.63, 3.8) is 0 Å².